The zero-order valence-electron chi connectivity index (χ0n) is 36.2. The second kappa shape index (κ2) is 14.3. The second-order valence-corrected chi connectivity index (χ2v) is 19.4. The van der Waals surface area contributed by atoms with Gasteiger partial charge >= 0.3 is 0 Å². The van der Waals surface area contributed by atoms with Crippen LogP contribution in [0.15, 0.2) is 152 Å². The number of rotatable bonds is 5. The summed E-state index contributed by atoms with van der Waals surface area (Å²) in [4.78, 5) is 10.6. The van der Waals surface area contributed by atoms with E-state index in [1.807, 2.05) is 12.3 Å². The van der Waals surface area contributed by atoms with E-state index < -0.39 is 0 Å². The number of hydrogen-bond acceptors (Lipinski definition) is 3. The van der Waals surface area contributed by atoms with Crippen molar-refractivity contribution in [2.75, 3.05) is 0 Å². The number of aromatic hydroxyl groups is 1. The highest BCUT2D eigenvalue weighted by molar-refractivity contribution is 6.20. The molecule has 0 bridgehead atoms. The van der Waals surface area contributed by atoms with E-state index in [2.05, 4.69) is 206 Å². The minimum Gasteiger partial charge on any atom is -0.507 e. The molecule has 0 radical (unpaired) electrons. The smallest absolute Gasteiger partial charge is 0.149 e. The summed E-state index contributed by atoms with van der Waals surface area (Å²) in [7, 11) is 0. The van der Waals surface area contributed by atoms with Crippen LogP contribution in [0.1, 0.15) is 79.0 Å². The van der Waals surface area contributed by atoms with Gasteiger partial charge in [-0.1, -0.05) is 165 Å². The monoisotopic (exact) mass is 783 g/mol. The molecule has 0 aliphatic heterocycles. The molecule has 2 aromatic heterocycles. The van der Waals surface area contributed by atoms with Crippen molar-refractivity contribution >= 4 is 32.6 Å². The Hall–Kier alpha value is -6.52. The van der Waals surface area contributed by atoms with Crippen LogP contribution in [0.4, 0.5) is 0 Å². The lowest BCUT2D eigenvalue weighted by atomic mass is 9.79. The Morgan fingerprint density at radius 3 is 1.82 bits per heavy atom. The van der Waals surface area contributed by atoms with Crippen molar-refractivity contribution < 1.29 is 5.11 Å². The summed E-state index contributed by atoms with van der Waals surface area (Å²) in [6.45, 7) is 20.0. The maximum atomic E-state index is 12.5. The van der Waals surface area contributed by atoms with Crippen molar-refractivity contribution in [3.8, 4) is 56.3 Å². The second-order valence-electron chi connectivity index (χ2n) is 19.4. The third-order valence-electron chi connectivity index (χ3n) is 12.0. The van der Waals surface area contributed by atoms with E-state index in [9.17, 15) is 5.11 Å². The molecule has 0 unspecified atom stereocenters. The fourth-order valence-corrected chi connectivity index (χ4v) is 8.52. The Bertz CT molecular complexity index is 3080. The number of hydrogen-bond donors (Lipinski definition) is 1. The highest BCUT2D eigenvalue weighted by Crippen LogP contribution is 2.46. The maximum Gasteiger partial charge on any atom is 0.149 e. The maximum absolute atomic E-state index is 12.5. The van der Waals surface area contributed by atoms with E-state index in [1.165, 1.54) is 5.56 Å². The van der Waals surface area contributed by atoms with Crippen LogP contribution in [-0.2, 0) is 16.2 Å². The Morgan fingerprint density at radius 1 is 0.500 bits per heavy atom. The summed E-state index contributed by atoms with van der Waals surface area (Å²) in [5, 5.41) is 16.9. The first-order valence-electron chi connectivity index (χ1n) is 21.0. The number of imidazole rings is 1. The summed E-state index contributed by atoms with van der Waals surface area (Å²) >= 11 is 0. The third-order valence-corrected chi connectivity index (χ3v) is 12.0. The van der Waals surface area contributed by atoms with Crippen molar-refractivity contribution in [3.63, 3.8) is 0 Å². The van der Waals surface area contributed by atoms with Gasteiger partial charge in [-0.15, -0.1) is 0 Å². The Kier molecular flexibility index (Phi) is 9.31. The third kappa shape index (κ3) is 6.94. The Balaban J connectivity index is 1.40. The molecule has 1 N–H and O–H groups in total. The van der Waals surface area contributed by atoms with Gasteiger partial charge in [-0.25, -0.2) is 4.98 Å². The molecule has 0 amide bonds. The van der Waals surface area contributed by atoms with Gasteiger partial charge < -0.3 is 5.11 Å². The molecule has 0 saturated heterocycles. The van der Waals surface area contributed by atoms with Gasteiger partial charge in [0.05, 0.1) is 28.0 Å². The molecule has 9 rings (SSSR count). The number of fused-ring (bicyclic) bond motifs is 5. The topological polar surface area (TPSA) is 50.9 Å². The predicted octanol–water partition coefficient (Wildman–Crippen LogP) is 15.0. The van der Waals surface area contributed by atoms with Crippen LogP contribution >= 0.6 is 0 Å². The number of benzene rings is 7. The minimum atomic E-state index is -0.314. The molecule has 0 spiro atoms. The van der Waals surface area contributed by atoms with Crippen LogP contribution in [0.2, 0.25) is 0 Å². The highest BCUT2D eigenvalue weighted by Gasteiger charge is 2.29. The lowest BCUT2D eigenvalue weighted by Gasteiger charge is -2.28. The number of pyridine rings is 1. The number of nitrogens with zero attached hydrogens (tertiary/aromatic N) is 3. The predicted molar refractivity (Wildman–Crippen MR) is 253 cm³/mol. The van der Waals surface area contributed by atoms with Crippen LogP contribution in [-0.4, -0.2) is 19.6 Å². The average molecular weight is 784 g/mol. The number of phenols is 1. The van der Waals surface area contributed by atoms with Gasteiger partial charge in [0.15, 0.2) is 0 Å². The molecule has 9 aromatic rings. The first kappa shape index (κ1) is 39.0. The van der Waals surface area contributed by atoms with E-state index in [-0.39, 0.29) is 22.0 Å². The van der Waals surface area contributed by atoms with Gasteiger partial charge in [0.25, 0.3) is 0 Å². The summed E-state index contributed by atoms with van der Waals surface area (Å²) < 4.78 is 2.30. The molecular formula is C56H53N3O. The quantitative estimate of drug-likeness (QED) is 0.177. The van der Waals surface area contributed by atoms with Gasteiger partial charge in [0, 0.05) is 28.3 Å². The highest BCUT2D eigenvalue weighted by atomic mass is 16.3. The molecule has 60 heavy (non-hydrogen) atoms. The molecule has 4 nitrogen and oxygen atoms in total. The normalized spacial score (nSPS) is 12.5. The van der Waals surface area contributed by atoms with Crippen molar-refractivity contribution in [3.05, 3.63) is 168 Å². The molecule has 0 aliphatic rings. The van der Waals surface area contributed by atoms with Gasteiger partial charge in [-0.2, -0.15) is 0 Å². The van der Waals surface area contributed by atoms with Crippen LogP contribution in [0.5, 0.6) is 5.75 Å². The largest absolute Gasteiger partial charge is 0.507 e. The van der Waals surface area contributed by atoms with Gasteiger partial charge in [-0.05, 0) is 103 Å². The van der Waals surface area contributed by atoms with Gasteiger partial charge in [-0.3, -0.25) is 9.55 Å². The van der Waals surface area contributed by atoms with E-state index in [0.717, 1.165) is 88.5 Å². The summed E-state index contributed by atoms with van der Waals surface area (Å²) in [5.74, 6) is 0.970. The van der Waals surface area contributed by atoms with E-state index in [4.69, 9.17) is 9.97 Å². The van der Waals surface area contributed by atoms with Crippen molar-refractivity contribution in [2.24, 2.45) is 0 Å². The zero-order valence-corrected chi connectivity index (χ0v) is 36.2. The van der Waals surface area contributed by atoms with Crippen LogP contribution in [0.3, 0.4) is 0 Å². The number of aromatic nitrogens is 3. The molecule has 0 fully saturated rings. The summed E-state index contributed by atoms with van der Waals surface area (Å²) in [6.07, 6.45) is 1.90. The SMILES string of the molecule is CC(C)(C)c1ccc(-n2c(-c3cc(C(C)(C)C)cc(C(C)(C)C)c3O)nc3c4c(ccc5ccc(-c6cc(-c7ccccc7)ccn6)cc54)ccc32)c(-c2ccccc2)c1. The summed E-state index contributed by atoms with van der Waals surface area (Å²) in [5.41, 5.74) is 12.8. The first-order chi connectivity index (χ1) is 28.6. The van der Waals surface area contributed by atoms with E-state index in [0.29, 0.717) is 5.82 Å². The standard InChI is InChI=1S/C56H53N3O/c1-54(2,3)41-25-27-48(43(32-41)36-18-14-11-15-19-36)59-49-26-24-38-22-20-37-21-23-40(47-31-39(28-29-57-47)35-16-12-10-13-17-35)30-44(37)50(38)51(49)58-53(59)45-33-42(55(4,5)6)34-46(52(45)60)56(7,8)9/h10-34,60H,1-9H3. The van der Waals surface area contributed by atoms with Crippen LogP contribution in [0.25, 0.3) is 83.2 Å². The zero-order chi connectivity index (χ0) is 42.1. The molecule has 0 saturated carbocycles. The van der Waals surface area contributed by atoms with Gasteiger partial charge in [0.2, 0.25) is 0 Å². The summed E-state index contributed by atoms with van der Waals surface area (Å²) in [6, 6.07) is 52.0. The molecule has 0 aliphatic carbocycles. The minimum absolute atomic E-state index is 0.0644. The Labute approximate surface area is 354 Å². The average Bonchev–Trinajstić information content (AvgIpc) is 3.62. The molecule has 4 heteroatoms. The van der Waals surface area contributed by atoms with Crippen molar-refractivity contribution in [1.29, 1.82) is 0 Å². The molecule has 2 heterocycles. The molecule has 0 atom stereocenters. The van der Waals surface area contributed by atoms with Crippen LogP contribution < -0.4 is 0 Å². The lowest BCUT2D eigenvalue weighted by molar-refractivity contribution is 0.446. The van der Waals surface area contributed by atoms with E-state index >= 15 is 0 Å². The van der Waals surface area contributed by atoms with E-state index in [1.54, 1.807) is 0 Å². The molecular weight excluding hydrogens is 731 g/mol. The number of phenolic OH excluding ortho intramolecular Hbond substituents is 1. The van der Waals surface area contributed by atoms with Gasteiger partial charge in [0.1, 0.15) is 11.6 Å². The van der Waals surface area contributed by atoms with Crippen molar-refractivity contribution in [1.82, 2.24) is 14.5 Å². The lowest BCUT2D eigenvalue weighted by Crippen LogP contribution is -2.17. The fraction of sp³-hybridized carbons (Fsp3) is 0.214. The molecule has 7 aromatic carbocycles. The molecule has 298 valence electrons. The fourth-order valence-electron chi connectivity index (χ4n) is 8.52. The Morgan fingerprint density at radius 2 is 1.13 bits per heavy atom. The first-order valence-corrected chi connectivity index (χ1v) is 21.0. The van der Waals surface area contributed by atoms with Crippen molar-refractivity contribution in [2.45, 2.75) is 78.6 Å². The van der Waals surface area contributed by atoms with Crippen LogP contribution in [0, 0.1) is 0 Å².